The molecule has 2 aromatic heterocycles. The van der Waals surface area contributed by atoms with Gasteiger partial charge in [-0.15, -0.1) is 0 Å². The summed E-state index contributed by atoms with van der Waals surface area (Å²) in [5.74, 6) is -0.548. The molecule has 100 valence electrons. The number of aromatic carboxylic acids is 1. The second kappa shape index (κ2) is 4.58. The third kappa shape index (κ3) is 1.93. The molecule has 1 aromatic carbocycles. The summed E-state index contributed by atoms with van der Waals surface area (Å²) in [6.07, 6.45) is 2.74. The quantitative estimate of drug-likeness (QED) is 0.763. The first kappa shape index (κ1) is 12.0. The molecule has 0 atom stereocenters. The van der Waals surface area contributed by atoms with Crippen LogP contribution in [0.3, 0.4) is 0 Å². The van der Waals surface area contributed by atoms with Crippen LogP contribution in [-0.4, -0.2) is 26.0 Å². The smallest absolute Gasteiger partial charge is 0.339 e. The Balaban J connectivity index is 2.21. The molecule has 0 fully saturated rings. The van der Waals surface area contributed by atoms with Crippen LogP contribution in [0.15, 0.2) is 53.3 Å². The van der Waals surface area contributed by atoms with Crippen molar-refractivity contribution in [3.63, 3.8) is 0 Å². The number of phenolic OH excluding ortho intramolecular Hbond substituents is 1. The summed E-state index contributed by atoms with van der Waals surface area (Å²) in [5.41, 5.74) is 1.03. The molecule has 0 spiro atoms. The van der Waals surface area contributed by atoms with Gasteiger partial charge in [0, 0.05) is 0 Å². The van der Waals surface area contributed by atoms with Gasteiger partial charge in [-0.3, -0.25) is 0 Å². The van der Waals surface area contributed by atoms with Crippen molar-refractivity contribution >= 4 is 5.97 Å². The van der Waals surface area contributed by atoms with Crippen LogP contribution in [0, 0.1) is 0 Å². The third-order valence-corrected chi connectivity index (χ3v) is 2.85. The number of carboxylic acid groups (broad SMARTS) is 1. The summed E-state index contributed by atoms with van der Waals surface area (Å²) in [6, 6.07) is 9.63. The van der Waals surface area contributed by atoms with Crippen molar-refractivity contribution in [1.82, 2.24) is 9.78 Å². The Morgan fingerprint density at radius 1 is 1.20 bits per heavy atom. The number of hydrogen-bond acceptors (Lipinski definition) is 4. The molecule has 0 aliphatic rings. The molecule has 0 amide bonds. The first-order valence-electron chi connectivity index (χ1n) is 5.81. The third-order valence-electron chi connectivity index (χ3n) is 2.85. The van der Waals surface area contributed by atoms with E-state index in [1.807, 2.05) is 0 Å². The van der Waals surface area contributed by atoms with E-state index in [0.29, 0.717) is 17.1 Å². The number of carboxylic acids is 1. The van der Waals surface area contributed by atoms with Crippen LogP contribution in [0.4, 0.5) is 0 Å². The van der Waals surface area contributed by atoms with E-state index in [1.165, 1.54) is 29.3 Å². The lowest BCUT2D eigenvalue weighted by Crippen LogP contribution is -2.02. The molecule has 0 unspecified atom stereocenters. The summed E-state index contributed by atoms with van der Waals surface area (Å²) in [4.78, 5) is 11.3. The van der Waals surface area contributed by atoms with E-state index in [1.54, 1.807) is 24.3 Å². The van der Waals surface area contributed by atoms with E-state index in [4.69, 9.17) is 4.42 Å². The maximum absolute atomic E-state index is 11.3. The van der Waals surface area contributed by atoms with Crippen LogP contribution in [-0.2, 0) is 0 Å². The van der Waals surface area contributed by atoms with Crippen LogP contribution in [0.25, 0.3) is 17.1 Å². The molecule has 0 bridgehead atoms. The molecule has 3 rings (SSSR count). The Morgan fingerprint density at radius 2 is 1.95 bits per heavy atom. The van der Waals surface area contributed by atoms with Crippen molar-refractivity contribution in [2.75, 3.05) is 0 Å². The van der Waals surface area contributed by atoms with Crippen LogP contribution in [0.2, 0.25) is 0 Å². The number of hydrogen-bond donors (Lipinski definition) is 2. The highest BCUT2D eigenvalue weighted by molar-refractivity contribution is 5.94. The Hall–Kier alpha value is -3.02. The number of rotatable bonds is 3. The highest BCUT2D eigenvalue weighted by Gasteiger charge is 2.21. The molecule has 2 heterocycles. The van der Waals surface area contributed by atoms with Crippen LogP contribution in [0.1, 0.15) is 10.4 Å². The van der Waals surface area contributed by atoms with E-state index < -0.39 is 5.97 Å². The van der Waals surface area contributed by atoms with Gasteiger partial charge < -0.3 is 14.6 Å². The molecule has 0 saturated carbocycles. The Kier molecular flexibility index (Phi) is 2.76. The Labute approximate surface area is 113 Å². The van der Waals surface area contributed by atoms with Gasteiger partial charge in [0.25, 0.3) is 0 Å². The lowest BCUT2D eigenvalue weighted by molar-refractivity contribution is 0.0697. The predicted octanol–water partition coefficient (Wildman–Crippen LogP) is 2.54. The minimum atomic E-state index is -1.08. The number of nitrogens with zero attached hydrogens (tertiary/aromatic N) is 2. The fourth-order valence-electron chi connectivity index (χ4n) is 1.94. The second-order valence-corrected chi connectivity index (χ2v) is 4.12. The molecule has 0 aliphatic heterocycles. The van der Waals surface area contributed by atoms with Crippen molar-refractivity contribution < 1.29 is 19.4 Å². The van der Waals surface area contributed by atoms with Gasteiger partial charge in [-0.05, 0) is 36.4 Å². The van der Waals surface area contributed by atoms with Gasteiger partial charge in [0.15, 0.2) is 5.76 Å². The standard InChI is InChI=1S/C14H10N2O4/c17-10-5-3-9(4-6-10)16-13(12-2-1-7-20-12)11(8-15-16)14(18)19/h1-8,17H,(H,18,19). The summed E-state index contributed by atoms with van der Waals surface area (Å²) >= 11 is 0. The number of furan rings is 1. The molecule has 6 heteroatoms. The highest BCUT2D eigenvalue weighted by Crippen LogP contribution is 2.27. The number of benzene rings is 1. The summed E-state index contributed by atoms with van der Waals surface area (Å²) in [6.45, 7) is 0. The lowest BCUT2D eigenvalue weighted by atomic mass is 10.2. The summed E-state index contributed by atoms with van der Waals surface area (Å²) in [5, 5.41) is 22.6. The van der Waals surface area contributed by atoms with Crippen LogP contribution in [0.5, 0.6) is 5.75 Å². The zero-order valence-corrected chi connectivity index (χ0v) is 10.2. The second-order valence-electron chi connectivity index (χ2n) is 4.12. The minimum Gasteiger partial charge on any atom is -0.508 e. The molecule has 2 N–H and O–H groups in total. The monoisotopic (exact) mass is 270 g/mol. The van der Waals surface area contributed by atoms with Gasteiger partial charge in [0.2, 0.25) is 0 Å². The van der Waals surface area contributed by atoms with Crippen molar-refractivity contribution in [1.29, 1.82) is 0 Å². The van der Waals surface area contributed by atoms with E-state index in [0.717, 1.165) is 0 Å². The van der Waals surface area contributed by atoms with Crippen LogP contribution < -0.4 is 0 Å². The normalized spacial score (nSPS) is 10.6. The van der Waals surface area contributed by atoms with Gasteiger partial charge in [-0.2, -0.15) is 5.10 Å². The van der Waals surface area contributed by atoms with Gasteiger partial charge in [0.1, 0.15) is 17.0 Å². The van der Waals surface area contributed by atoms with Crippen molar-refractivity contribution in [2.45, 2.75) is 0 Å². The average Bonchev–Trinajstić information content (AvgIpc) is 3.08. The maximum atomic E-state index is 11.3. The number of aromatic nitrogens is 2. The zero-order chi connectivity index (χ0) is 14.1. The molecule has 3 aromatic rings. The van der Waals surface area contributed by atoms with E-state index in [-0.39, 0.29) is 11.3 Å². The number of carbonyl (C=O) groups is 1. The SMILES string of the molecule is O=C(O)c1cnn(-c2ccc(O)cc2)c1-c1ccco1. The number of phenols is 1. The minimum absolute atomic E-state index is 0.0491. The topological polar surface area (TPSA) is 88.5 Å². The molecule has 20 heavy (non-hydrogen) atoms. The number of aromatic hydroxyl groups is 1. The fourth-order valence-corrected chi connectivity index (χ4v) is 1.94. The molecule has 0 radical (unpaired) electrons. The van der Waals surface area contributed by atoms with Gasteiger partial charge in [0.05, 0.1) is 18.1 Å². The van der Waals surface area contributed by atoms with Crippen molar-refractivity contribution in [2.24, 2.45) is 0 Å². The van der Waals surface area contributed by atoms with Gasteiger partial charge in [-0.25, -0.2) is 9.48 Å². The Morgan fingerprint density at radius 3 is 2.55 bits per heavy atom. The lowest BCUT2D eigenvalue weighted by Gasteiger charge is -2.06. The van der Waals surface area contributed by atoms with E-state index in [2.05, 4.69) is 5.10 Å². The predicted molar refractivity (Wildman–Crippen MR) is 69.9 cm³/mol. The highest BCUT2D eigenvalue weighted by atomic mass is 16.4. The Bertz CT molecular complexity index is 742. The van der Waals surface area contributed by atoms with Crippen LogP contribution >= 0.6 is 0 Å². The molecule has 0 aliphatic carbocycles. The van der Waals surface area contributed by atoms with Gasteiger partial charge >= 0.3 is 5.97 Å². The van der Waals surface area contributed by atoms with Crippen molar-refractivity contribution in [3.8, 4) is 22.9 Å². The molecule has 6 nitrogen and oxygen atoms in total. The van der Waals surface area contributed by atoms with E-state index >= 15 is 0 Å². The van der Waals surface area contributed by atoms with Gasteiger partial charge in [-0.1, -0.05) is 0 Å². The summed E-state index contributed by atoms with van der Waals surface area (Å²) in [7, 11) is 0. The van der Waals surface area contributed by atoms with Crippen molar-refractivity contribution in [3.05, 3.63) is 54.4 Å². The molecular weight excluding hydrogens is 260 g/mol. The first-order chi connectivity index (χ1) is 9.66. The van der Waals surface area contributed by atoms with E-state index in [9.17, 15) is 15.0 Å². The first-order valence-corrected chi connectivity index (χ1v) is 5.81. The molecule has 0 saturated heterocycles. The average molecular weight is 270 g/mol. The summed E-state index contributed by atoms with van der Waals surface area (Å²) < 4.78 is 6.74. The largest absolute Gasteiger partial charge is 0.508 e. The zero-order valence-electron chi connectivity index (χ0n) is 10.2. The maximum Gasteiger partial charge on any atom is 0.339 e. The fraction of sp³-hybridized carbons (Fsp3) is 0. The molecular formula is C14H10N2O4.